The lowest BCUT2D eigenvalue weighted by Crippen LogP contribution is -2.38. The quantitative estimate of drug-likeness (QED) is 0.894. The Bertz CT molecular complexity index is 522. The summed E-state index contributed by atoms with van der Waals surface area (Å²) in [7, 11) is 0. The van der Waals surface area contributed by atoms with Crippen molar-refractivity contribution in [2.75, 3.05) is 6.54 Å². The van der Waals surface area contributed by atoms with Gasteiger partial charge < -0.3 is 5.73 Å². The van der Waals surface area contributed by atoms with Crippen LogP contribution in [0.5, 0.6) is 0 Å². The minimum Gasteiger partial charge on any atom is -0.324 e. The lowest BCUT2D eigenvalue weighted by atomic mass is 9.87. The van der Waals surface area contributed by atoms with Crippen molar-refractivity contribution in [3.8, 4) is 0 Å². The molecule has 1 atom stereocenters. The fraction of sp³-hybridized carbons (Fsp3) is 0.214. The summed E-state index contributed by atoms with van der Waals surface area (Å²) in [6.07, 6.45) is 1.82. The molecule has 0 heterocycles. The molecule has 1 aliphatic carbocycles. The van der Waals surface area contributed by atoms with E-state index in [4.69, 9.17) is 5.73 Å². The van der Waals surface area contributed by atoms with Gasteiger partial charge in [-0.15, -0.1) is 0 Å². The molecule has 2 N–H and O–H groups in total. The molecule has 4 heteroatoms. The van der Waals surface area contributed by atoms with E-state index in [1.54, 1.807) is 24.3 Å². The van der Waals surface area contributed by atoms with Crippen LogP contribution in [0.2, 0.25) is 0 Å². The fourth-order valence-electron chi connectivity index (χ4n) is 1.92. The first-order valence-corrected chi connectivity index (χ1v) is 5.62. The summed E-state index contributed by atoms with van der Waals surface area (Å²) in [6, 6.07) is 8.81. The van der Waals surface area contributed by atoms with Gasteiger partial charge in [-0.2, -0.15) is 0 Å². The van der Waals surface area contributed by atoms with Crippen LogP contribution in [0.3, 0.4) is 0 Å². The summed E-state index contributed by atoms with van der Waals surface area (Å²) < 4.78 is 28.0. The van der Waals surface area contributed by atoms with Crippen molar-refractivity contribution in [3.05, 3.63) is 53.9 Å². The third-order valence-electron chi connectivity index (χ3n) is 2.95. The molecule has 0 aromatic heterocycles. The van der Waals surface area contributed by atoms with Crippen LogP contribution in [0.15, 0.2) is 48.3 Å². The summed E-state index contributed by atoms with van der Waals surface area (Å²) in [4.78, 5) is 11.3. The van der Waals surface area contributed by atoms with Crippen LogP contribution in [0.4, 0.5) is 8.78 Å². The molecule has 0 saturated carbocycles. The number of allylic oxidation sites excluding steroid dienone is 4. The van der Waals surface area contributed by atoms with Crippen LogP contribution in [-0.4, -0.2) is 18.0 Å². The van der Waals surface area contributed by atoms with Crippen LogP contribution in [-0.2, 0) is 4.79 Å². The Hall–Kier alpha value is -1.81. The molecule has 2 rings (SSSR count). The van der Waals surface area contributed by atoms with Crippen LogP contribution in [0, 0.1) is 0 Å². The van der Waals surface area contributed by atoms with Crippen molar-refractivity contribution in [1.82, 2.24) is 0 Å². The van der Waals surface area contributed by atoms with E-state index in [0.29, 0.717) is 11.1 Å². The minimum atomic E-state index is -2.31. The number of Topliss-reactive ketones (excluding diaryl/α,β-unsaturated/α-hetero) is 1. The Kier molecular flexibility index (Phi) is 3.39. The maximum atomic E-state index is 14.1. The third kappa shape index (κ3) is 2.24. The molecule has 0 radical (unpaired) electrons. The Morgan fingerprint density at radius 1 is 1.33 bits per heavy atom. The topological polar surface area (TPSA) is 43.1 Å². The molecule has 1 aliphatic rings. The number of benzene rings is 1. The first-order valence-electron chi connectivity index (χ1n) is 5.62. The Labute approximate surface area is 104 Å². The molecule has 0 aliphatic heterocycles. The number of carbonyl (C=O) groups is 1. The minimum absolute atomic E-state index is 0.314. The van der Waals surface area contributed by atoms with Gasteiger partial charge in [0.15, 0.2) is 11.5 Å². The average Bonchev–Trinajstić information content (AvgIpc) is 2.39. The van der Waals surface area contributed by atoms with E-state index in [1.807, 2.05) is 6.07 Å². The van der Waals surface area contributed by atoms with Crippen molar-refractivity contribution in [3.63, 3.8) is 0 Å². The highest BCUT2D eigenvalue weighted by molar-refractivity contribution is 5.93. The molecule has 1 unspecified atom stereocenters. The summed E-state index contributed by atoms with van der Waals surface area (Å²) in [5, 5.41) is 0. The number of hydrogen-bond acceptors (Lipinski definition) is 2. The highest BCUT2D eigenvalue weighted by Crippen LogP contribution is 2.35. The van der Waals surface area contributed by atoms with Gasteiger partial charge in [0.25, 0.3) is 0 Å². The number of halogens is 2. The lowest BCUT2D eigenvalue weighted by Gasteiger charge is -2.23. The Balaban J connectivity index is 2.32. The molecular weight excluding hydrogens is 236 g/mol. The maximum Gasteiger partial charge on any atom is 0.194 e. The van der Waals surface area contributed by atoms with Crippen molar-refractivity contribution in [2.24, 2.45) is 5.73 Å². The SMILES string of the molecule is NCC(=O)C1(F)C=CC(c2ccccc2)=C(F)C1. The summed E-state index contributed by atoms with van der Waals surface area (Å²) >= 11 is 0. The van der Waals surface area contributed by atoms with Crippen molar-refractivity contribution in [2.45, 2.75) is 12.1 Å². The molecule has 0 spiro atoms. The molecule has 2 nitrogen and oxygen atoms in total. The van der Waals surface area contributed by atoms with Crippen LogP contribution in [0.1, 0.15) is 12.0 Å². The van der Waals surface area contributed by atoms with Crippen LogP contribution in [0.25, 0.3) is 5.57 Å². The molecule has 0 fully saturated rings. The Morgan fingerprint density at radius 2 is 2.00 bits per heavy atom. The van der Waals surface area contributed by atoms with Gasteiger partial charge in [0, 0.05) is 12.0 Å². The summed E-state index contributed by atoms with van der Waals surface area (Å²) in [5.74, 6) is -1.44. The zero-order valence-electron chi connectivity index (χ0n) is 9.70. The normalized spacial score (nSPS) is 23.3. The molecule has 1 aromatic rings. The first kappa shape index (κ1) is 12.6. The lowest BCUT2D eigenvalue weighted by molar-refractivity contribution is -0.126. The van der Waals surface area contributed by atoms with Crippen molar-refractivity contribution in [1.29, 1.82) is 0 Å². The predicted molar refractivity (Wildman–Crippen MR) is 66.1 cm³/mol. The van der Waals surface area contributed by atoms with E-state index in [-0.39, 0.29) is 0 Å². The Morgan fingerprint density at radius 3 is 2.56 bits per heavy atom. The zero-order chi connectivity index (χ0) is 13.2. The zero-order valence-corrected chi connectivity index (χ0v) is 9.70. The van der Waals surface area contributed by atoms with Crippen molar-refractivity contribution >= 4 is 11.4 Å². The largest absolute Gasteiger partial charge is 0.324 e. The highest BCUT2D eigenvalue weighted by Gasteiger charge is 2.38. The van der Waals surface area contributed by atoms with E-state index >= 15 is 0 Å². The second kappa shape index (κ2) is 4.82. The van der Waals surface area contributed by atoms with Gasteiger partial charge >= 0.3 is 0 Å². The molecule has 94 valence electrons. The van der Waals surface area contributed by atoms with E-state index in [0.717, 1.165) is 6.08 Å². The van der Waals surface area contributed by atoms with Gasteiger partial charge in [-0.25, -0.2) is 8.78 Å². The van der Waals surface area contributed by atoms with Gasteiger partial charge in [-0.05, 0) is 11.6 Å². The average molecular weight is 249 g/mol. The maximum absolute atomic E-state index is 14.1. The van der Waals surface area contributed by atoms with E-state index in [2.05, 4.69) is 0 Å². The first-order chi connectivity index (χ1) is 8.57. The highest BCUT2D eigenvalue weighted by atomic mass is 19.1. The van der Waals surface area contributed by atoms with E-state index < -0.39 is 30.2 Å². The molecule has 0 amide bonds. The molecule has 1 aromatic carbocycles. The smallest absolute Gasteiger partial charge is 0.194 e. The molecule has 18 heavy (non-hydrogen) atoms. The second-order valence-corrected chi connectivity index (χ2v) is 4.18. The van der Waals surface area contributed by atoms with Crippen molar-refractivity contribution < 1.29 is 13.6 Å². The monoisotopic (exact) mass is 249 g/mol. The van der Waals surface area contributed by atoms with Gasteiger partial charge in [-0.3, -0.25) is 4.79 Å². The third-order valence-corrected chi connectivity index (χ3v) is 2.95. The van der Waals surface area contributed by atoms with Gasteiger partial charge in [0.1, 0.15) is 5.83 Å². The van der Waals surface area contributed by atoms with Gasteiger partial charge in [0.2, 0.25) is 0 Å². The number of carbonyl (C=O) groups excluding carboxylic acids is 1. The van der Waals surface area contributed by atoms with Crippen LogP contribution >= 0.6 is 0 Å². The van der Waals surface area contributed by atoms with Gasteiger partial charge in [-0.1, -0.05) is 36.4 Å². The standard InChI is InChI=1S/C14H13F2NO/c15-12-8-14(16,13(18)9-17)7-6-11(12)10-4-2-1-3-5-10/h1-7H,8-9,17H2. The number of alkyl halides is 1. The summed E-state index contributed by atoms with van der Waals surface area (Å²) in [5.41, 5.74) is 3.78. The number of rotatable bonds is 3. The number of hydrogen-bond donors (Lipinski definition) is 1. The van der Waals surface area contributed by atoms with E-state index in [9.17, 15) is 13.6 Å². The van der Waals surface area contributed by atoms with Crippen LogP contribution < -0.4 is 5.73 Å². The van der Waals surface area contributed by atoms with E-state index in [1.165, 1.54) is 6.08 Å². The molecular formula is C14H13F2NO. The van der Waals surface area contributed by atoms with Gasteiger partial charge in [0.05, 0.1) is 6.54 Å². The second-order valence-electron chi connectivity index (χ2n) is 4.18. The predicted octanol–water partition coefficient (Wildman–Crippen LogP) is 2.56. The number of nitrogens with two attached hydrogens (primary N) is 1. The fourth-order valence-corrected chi connectivity index (χ4v) is 1.92. The number of ketones is 1. The summed E-state index contributed by atoms with van der Waals surface area (Å²) in [6.45, 7) is -0.436. The molecule has 0 saturated heterocycles. The molecule has 0 bridgehead atoms.